The van der Waals surface area contributed by atoms with Gasteiger partial charge in [-0.1, -0.05) is 0 Å². The summed E-state index contributed by atoms with van der Waals surface area (Å²) in [6.45, 7) is 2.10. The number of hydrogen-bond acceptors (Lipinski definition) is 4. The van der Waals surface area contributed by atoms with E-state index in [9.17, 15) is 10.1 Å². The molecule has 2 heterocycles. The Morgan fingerprint density at radius 1 is 1.39 bits per heavy atom. The van der Waals surface area contributed by atoms with Gasteiger partial charge in [0.1, 0.15) is 0 Å². The van der Waals surface area contributed by atoms with Gasteiger partial charge in [-0.25, -0.2) is 0 Å². The summed E-state index contributed by atoms with van der Waals surface area (Å²) in [6, 6.07) is 6.47. The molecule has 2 aliphatic heterocycles. The van der Waals surface area contributed by atoms with E-state index in [1.807, 2.05) is 12.1 Å². The Morgan fingerprint density at radius 3 is 2.67 bits per heavy atom. The third kappa shape index (κ3) is 1.80. The Hall–Kier alpha value is -1.14. The van der Waals surface area contributed by atoms with Crippen LogP contribution in [0.5, 0.6) is 0 Å². The first-order valence-corrected chi connectivity index (χ1v) is 6.76. The van der Waals surface area contributed by atoms with E-state index in [4.69, 9.17) is 0 Å². The van der Waals surface area contributed by atoms with Crippen molar-refractivity contribution >= 4 is 27.3 Å². The van der Waals surface area contributed by atoms with Gasteiger partial charge in [-0.15, -0.1) is 0 Å². The number of nitro benzene ring substituents is 1. The Morgan fingerprint density at radius 2 is 2.17 bits per heavy atom. The number of anilines is 1. The molecule has 1 aromatic rings. The zero-order chi connectivity index (χ0) is 12.9. The number of nitro groups is 1. The first-order valence-electron chi connectivity index (χ1n) is 5.97. The minimum absolute atomic E-state index is 0.125. The number of fused-ring (bicyclic) bond motifs is 2. The van der Waals surface area contributed by atoms with Gasteiger partial charge in [0.2, 0.25) is 0 Å². The summed E-state index contributed by atoms with van der Waals surface area (Å²) < 4.78 is 0.557. The van der Waals surface area contributed by atoms with Gasteiger partial charge in [-0.2, -0.15) is 0 Å². The molecule has 0 radical (unpaired) electrons. The average Bonchev–Trinajstić information content (AvgIpc) is 2.86. The first-order chi connectivity index (χ1) is 8.56. The third-order valence-electron chi connectivity index (χ3n) is 3.97. The highest BCUT2D eigenvalue weighted by molar-refractivity contribution is 9.10. The van der Waals surface area contributed by atoms with Crippen LogP contribution in [0.15, 0.2) is 22.7 Å². The van der Waals surface area contributed by atoms with E-state index in [-0.39, 0.29) is 10.6 Å². The highest BCUT2D eigenvalue weighted by Crippen LogP contribution is 2.36. The minimum Gasteiger partial charge on any atom is -0.366 e. The predicted molar refractivity (Wildman–Crippen MR) is 73.0 cm³/mol. The fraction of sp³-hybridized carbons (Fsp3) is 0.500. The average molecular weight is 312 g/mol. The molecule has 0 saturated carbocycles. The van der Waals surface area contributed by atoms with Gasteiger partial charge >= 0.3 is 0 Å². The maximum atomic E-state index is 10.8. The van der Waals surface area contributed by atoms with E-state index in [0.29, 0.717) is 16.6 Å². The second-order valence-corrected chi connectivity index (χ2v) is 5.88. The zero-order valence-corrected chi connectivity index (χ0v) is 11.6. The van der Waals surface area contributed by atoms with Crippen LogP contribution in [0.1, 0.15) is 6.42 Å². The minimum atomic E-state index is -0.363. The summed E-state index contributed by atoms with van der Waals surface area (Å²) in [5, 5.41) is 10.8. The normalized spacial score (nSPS) is 26.9. The molecule has 96 valence electrons. The molecule has 2 atom stereocenters. The summed E-state index contributed by atoms with van der Waals surface area (Å²) in [5.74, 6) is 0. The molecule has 0 spiro atoms. The van der Waals surface area contributed by atoms with Crippen LogP contribution in [0.3, 0.4) is 0 Å². The van der Waals surface area contributed by atoms with Gasteiger partial charge in [0.15, 0.2) is 0 Å². The molecule has 0 N–H and O–H groups in total. The lowest BCUT2D eigenvalue weighted by molar-refractivity contribution is -0.385. The molecule has 2 aliphatic rings. The lowest BCUT2D eigenvalue weighted by atomic mass is 10.2. The summed E-state index contributed by atoms with van der Waals surface area (Å²) in [6.07, 6.45) is 1.20. The summed E-state index contributed by atoms with van der Waals surface area (Å²) in [4.78, 5) is 15.2. The van der Waals surface area contributed by atoms with Gasteiger partial charge in [-0.05, 0) is 41.5 Å². The van der Waals surface area contributed by atoms with E-state index >= 15 is 0 Å². The molecule has 0 aromatic heterocycles. The molecule has 3 rings (SSSR count). The third-order valence-corrected chi connectivity index (χ3v) is 4.61. The van der Waals surface area contributed by atoms with Crippen molar-refractivity contribution in [3.05, 3.63) is 32.8 Å². The summed E-state index contributed by atoms with van der Waals surface area (Å²) in [5.41, 5.74) is 1.20. The Balaban J connectivity index is 1.86. The van der Waals surface area contributed by atoms with E-state index in [2.05, 4.69) is 32.8 Å². The van der Waals surface area contributed by atoms with Crippen LogP contribution >= 0.6 is 15.9 Å². The molecule has 2 fully saturated rings. The van der Waals surface area contributed by atoms with Crippen molar-refractivity contribution in [2.75, 3.05) is 25.0 Å². The first kappa shape index (κ1) is 11.9. The van der Waals surface area contributed by atoms with Crippen LogP contribution in [0.4, 0.5) is 11.4 Å². The van der Waals surface area contributed by atoms with Crippen molar-refractivity contribution in [3.8, 4) is 0 Å². The van der Waals surface area contributed by atoms with E-state index in [0.717, 1.165) is 18.8 Å². The fourth-order valence-electron chi connectivity index (χ4n) is 3.00. The number of rotatable bonds is 2. The van der Waals surface area contributed by atoms with Gasteiger partial charge in [0.05, 0.1) is 9.40 Å². The maximum absolute atomic E-state index is 10.8. The molecule has 2 bridgehead atoms. The number of nitrogens with zero attached hydrogens (tertiary/aromatic N) is 3. The Bertz CT molecular complexity index is 506. The number of benzene rings is 1. The Kier molecular flexibility index (Phi) is 2.79. The molecule has 1 aromatic carbocycles. The van der Waals surface area contributed by atoms with Crippen molar-refractivity contribution < 1.29 is 4.92 Å². The fourth-order valence-corrected chi connectivity index (χ4v) is 3.52. The van der Waals surface area contributed by atoms with Gasteiger partial charge < -0.3 is 4.90 Å². The van der Waals surface area contributed by atoms with Gasteiger partial charge in [0.25, 0.3) is 5.69 Å². The standard InChI is InChI=1S/C12H14BrN3O2/c1-14-6-10-4-9(14)7-15(10)8-2-3-12(16(17)18)11(13)5-8/h2-3,5,9-10H,4,6-7H2,1H3/t9-,10-/m1/s1. The number of piperazine rings is 1. The van der Waals surface area contributed by atoms with Crippen molar-refractivity contribution in [3.63, 3.8) is 0 Å². The Labute approximate surface area is 114 Å². The molecular weight excluding hydrogens is 298 g/mol. The molecule has 18 heavy (non-hydrogen) atoms. The predicted octanol–water partition coefficient (Wildman–Crippen LogP) is 2.25. The molecule has 0 aliphatic carbocycles. The van der Waals surface area contributed by atoms with Crippen LogP contribution in [-0.2, 0) is 0 Å². The van der Waals surface area contributed by atoms with Crippen molar-refractivity contribution in [2.45, 2.75) is 18.5 Å². The molecule has 0 amide bonds. The van der Waals surface area contributed by atoms with E-state index < -0.39 is 0 Å². The zero-order valence-electron chi connectivity index (χ0n) is 10.0. The van der Waals surface area contributed by atoms with Crippen LogP contribution in [0.2, 0.25) is 0 Å². The summed E-state index contributed by atoms with van der Waals surface area (Å²) in [7, 11) is 2.16. The lowest BCUT2D eigenvalue weighted by Gasteiger charge is -2.33. The number of likely N-dealkylation sites (N-methyl/N-ethyl adjacent to an activating group) is 1. The molecule has 0 unspecified atom stereocenters. The monoisotopic (exact) mass is 311 g/mol. The molecule has 5 nitrogen and oxygen atoms in total. The van der Waals surface area contributed by atoms with Gasteiger partial charge in [-0.3, -0.25) is 15.0 Å². The molecular formula is C12H14BrN3O2. The van der Waals surface area contributed by atoms with Crippen LogP contribution < -0.4 is 4.90 Å². The topological polar surface area (TPSA) is 49.6 Å². The SMILES string of the molecule is CN1C[C@H]2C[C@@H]1CN2c1ccc([N+](=O)[O-])c(Br)c1. The van der Waals surface area contributed by atoms with E-state index in [1.54, 1.807) is 6.07 Å². The second-order valence-electron chi connectivity index (χ2n) is 5.03. The smallest absolute Gasteiger partial charge is 0.283 e. The van der Waals surface area contributed by atoms with Crippen molar-refractivity contribution in [1.82, 2.24) is 4.90 Å². The molecule has 6 heteroatoms. The van der Waals surface area contributed by atoms with Crippen LogP contribution in [0, 0.1) is 10.1 Å². The number of likely N-dealkylation sites (tertiary alicyclic amines) is 1. The van der Waals surface area contributed by atoms with E-state index in [1.165, 1.54) is 6.42 Å². The molecule has 2 saturated heterocycles. The van der Waals surface area contributed by atoms with Crippen molar-refractivity contribution in [2.24, 2.45) is 0 Å². The van der Waals surface area contributed by atoms with Gasteiger partial charge in [0, 0.05) is 36.9 Å². The van der Waals surface area contributed by atoms with Crippen molar-refractivity contribution in [1.29, 1.82) is 0 Å². The summed E-state index contributed by atoms with van der Waals surface area (Å²) >= 11 is 3.28. The number of hydrogen-bond donors (Lipinski definition) is 0. The quantitative estimate of drug-likeness (QED) is 0.621. The largest absolute Gasteiger partial charge is 0.366 e. The highest BCUT2D eigenvalue weighted by Gasteiger charge is 2.41. The highest BCUT2D eigenvalue weighted by atomic mass is 79.9. The number of halogens is 1. The van der Waals surface area contributed by atoms with Crippen LogP contribution in [-0.4, -0.2) is 42.0 Å². The maximum Gasteiger partial charge on any atom is 0.283 e. The van der Waals surface area contributed by atoms with Crippen LogP contribution in [0.25, 0.3) is 0 Å². The lowest BCUT2D eigenvalue weighted by Crippen LogP contribution is -2.44. The second kappa shape index (κ2) is 4.20.